The molecule has 3 atom stereocenters. The first-order chi connectivity index (χ1) is 29.5. The molecule has 0 rings (SSSR count). The number of carbonyl (C=O) groups is 1. The average Bonchev–Trinajstić information content (AvgIpc) is 3.24. The molecule has 0 saturated carbocycles. The first-order valence-electron chi connectivity index (χ1n) is 27.8. The average molecular weight is 850 g/mol. The number of rotatable bonds is 52. The van der Waals surface area contributed by atoms with Gasteiger partial charge in [-0.1, -0.05) is 303 Å². The van der Waals surface area contributed by atoms with Gasteiger partial charge in [0.05, 0.1) is 31.3 Å². The van der Waals surface area contributed by atoms with E-state index in [9.17, 15) is 20.1 Å². The van der Waals surface area contributed by atoms with Gasteiger partial charge in [0.15, 0.2) is 0 Å². The zero-order chi connectivity index (χ0) is 43.7. The lowest BCUT2D eigenvalue weighted by molar-refractivity contribution is -0.125. The molecule has 0 heterocycles. The van der Waals surface area contributed by atoms with Gasteiger partial charge in [0.2, 0.25) is 5.91 Å². The first kappa shape index (κ1) is 59.4. The normalized spacial score (nSPS) is 13.2. The molecule has 3 unspecified atom stereocenters. The van der Waals surface area contributed by atoms with Crippen LogP contribution in [-0.2, 0) is 4.79 Å². The van der Waals surface area contributed by atoms with E-state index in [0.717, 1.165) is 25.7 Å². The maximum atomic E-state index is 12.5. The van der Waals surface area contributed by atoms with E-state index < -0.39 is 18.2 Å². The molecule has 0 aliphatic heterocycles. The minimum Gasteiger partial charge on any atom is -0.394 e. The molecule has 0 saturated heterocycles. The van der Waals surface area contributed by atoms with Gasteiger partial charge in [-0.25, -0.2) is 0 Å². The Labute approximate surface area is 377 Å². The van der Waals surface area contributed by atoms with Gasteiger partial charge >= 0.3 is 0 Å². The summed E-state index contributed by atoms with van der Waals surface area (Å²) in [6, 6.07) is -0.652. The Morgan fingerprint density at radius 1 is 0.350 bits per heavy atom. The number of aliphatic hydroxyl groups excluding tert-OH is 3. The Bertz CT molecular complexity index is 807. The molecule has 4 N–H and O–H groups in total. The third-order valence-electron chi connectivity index (χ3n) is 13.4. The van der Waals surface area contributed by atoms with Crippen LogP contribution in [-0.4, -0.2) is 46.1 Å². The molecule has 0 aromatic heterocycles. The second-order valence-electron chi connectivity index (χ2n) is 19.6. The number of amides is 1. The number of aliphatic hydroxyl groups is 3. The van der Waals surface area contributed by atoms with E-state index in [2.05, 4.69) is 19.2 Å². The predicted molar refractivity (Wildman–Crippen MR) is 264 cm³/mol. The molecular weight excluding hydrogens is 739 g/mol. The van der Waals surface area contributed by atoms with Crippen LogP contribution in [0, 0.1) is 0 Å². The fourth-order valence-corrected chi connectivity index (χ4v) is 9.17. The van der Waals surface area contributed by atoms with Crippen molar-refractivity contribution in [2.24, 2.45) is 0 Å². The highest BCUT2D eigenvalue weighted by Gasteiger charge is 2.21. The van der Waals surface area contributed by atoms with Crippen molar-refractivity contribution in [3.8, 4) is 0 Å². The molecule has 5 heteroatoms. The third kappa shape index (κ3) is 46.8. The number of carbonyl (C=O) groups excluding carboxylic acids is 1. The van der Waals surface area contributed by atoms with Crippen LogP contribution in [0.1, 0.15) is 322 Å². The monoisotopic (exact) mass is 850 g/mol. The summed E-state index contributed by atoms with van der Waals surface area (Å²) in [5.74, 6) is -0.278. The topological polar surface area (TPSA) is 89.8 Å². The Morgan fingerprint density at radius 3 is 0.800 bits per heavy atom. The van der Waals surface area contributed by atoms with Gasteiger partial charge in [-0.2, -0.15) is 0 Å². The molecule has 60 heavy (non-hydrogen) atoms. The van der Waals surface area contributed by atoms with Crippen molar-refractivity contribution in [3.63, 3.8) is 0 Å². The Kier molecular flexibility index (Phi) is 50.4. The number of hydrogen-bond acceptors (Lipinski definition) is 4. The number of nitrogens with one attached hydrogen (secondary N) is 1. The van der Waals surface area contributed by atoms with E-state index in [1.807, 2.05) is 0 Å². The van der Waals surface area contributed by atoms with E-state index >= 15 is 0 Å². The molecule has 0 spiro atoms. The number of unbranched alkanes of at least 4 members (excludes halogenated alkanes) is 43. The molecule has 0 fully saturated rings. The van der Waals surface area contributed by atoms with Crippen molar-refractivity contribution < 1.29 is 20.1 Å². The predicted octanol–water partition coefficient (Wildman–Crippen LogP) is 16.9. The smallest absolute Gasteiger partial charge is 0.222 e. The third-order valence-corrected chi connectivity index (χ3v) is 13.4. The highest BCUT2D eigenvalue weighted by Crippen LogP contribution is 2.18. The lowest BCUT2D eigenvalue weighted by Gasteiger charge is -2.23. The highest BCUT2D eigenvalue weighted by molar-refractivity contribution is 5.76. The Hall–Kier alpha value is -0.650. The lowest BCUT2D eigenvalue weighted by atomic mass is 10.0. The summed E-state index contributed by atoms with van der Waals surface area (Å²) in [5, 5.41) is 33.4. The summed E-state index contributed by atoms with van der Waals surface area (Å²) in [6.07, 6.45) is 61.5. The largest absolute Gasteiger partial charge is 0.394 e. The van der Waals surface area contributed by atoms with Crippen LogP contribution in [0.15, 0.2) is 0 Å². The minimum atomic E-state index is -0.743. The summed E-state index contributed by atoms with van der Waals surface area (Å²) >= 11 is 0. The van der Waals surface area contributed by atoms with Crippen molar-refractivity contribution in [1.29, 1.82) is 0 Å². The van der Waals surface area contributed by atoms with Gasteiger partial charge < -0.3 is 20.6 Å². The minimum absolute atomic E-state index is 0.0428. The van der Waals surface area contributed by atoms with Crippen molar-refractivity contribution in [2.75, 3.05) is 6.61 Å². The van der Waals surface area contributed by atoms with Crippen LogP contribution in [0.5, 0.6) is 0 Å². The molecule has 0 bridgehead atoms. The first-order valence-corrected chi connectivity index (χ1v) is 27.8. The van der Waals surface area contributed by atoms with E-state index in [0.29, 0.717) is 12.8 Å². The summed E-state index contributed by atoms with van der Waals surface area (Å²) < 4.78 is 0. The van der Waals surface area contributed by atoms with Crippen LogP contribution in [0.2, 0.25) is 0 Å². The summed E-state index contributed by atoms with van der Waals surface area (Å²) in [7, 11) is 0. The van der Waals surface area contributed by atoms with Crippen molar-refractivity contribution in [2.45, 2.75) is 340 Å². The van der Waals surface area contributed by atoms with Crippen molar-refractivity contribution in [1.82, 2.24) is 5.32 Å². The van der Waals surface area contributed by atoms with E-state index in [4.69, 9.17) is 0 Å². The van der Waals surface area contributed by atoms with Crippen molar-refractivity contribution >= 4 is 5.91 Å². The molecule has 0 aliphatic carbocycles. The number of hydrogen-bond donors (Lipinski definition) is 4. The van der Waals surface area contributed by atoms with Crippen LogP contribution < -0.4 is 5.32 Å². The fourth-order valence-electron chi connectivity index (χ4n) is 9.17. The van der Waals surface area contributed by atoms with Gasteiger partial charge in [0.25, 0.3) is 0 Å². The van der Waals surface area contributed by atoms with Gasteiger partial charge in [-0.3, -0.25) is 4.79 Å². The van der Waals surface area contributed by atoms with Crippen molar-refractivity contribution in [3.05, 3.63) is 0 Å². The summed E-state index contributed by atoms with van der Waals surface area (Å²) in [4.78, 5) is 12.5. The molecule has 0 aromatic carbocycles. The second kappa shape index (κ2) is 51.0. The van der Waals surface area contributed by atoms with E-state index in [1.54, 1.807) is 0 Å². The highest BCUT2D eigenvalue weighted by atomic mass is 16.3. The van der Waals surface area contributed by atoms with E-state index in [1.165, 1.54) is 263 Å². The zero-order valence-electron chi connectivity index (χ0n) is 41.1. The molecule has 0 radical (unpaired) electrons. The van der Waals surface area contributed by atoms with Crippen LogP contribution in [0.25, 0.3) is 0 Å². The summed E-state index contributed by atoms with van der Waals surface area (Å²) in [5.41, 5.74) is 0. The Morgan fingerprint density at radius 2 is 0.567 bits per heavy atom. The molecule has 0 aliphatic rings. The van der Waals surface area contributed by atoms with Gasteiger partial charge in [0, 0.05) is 0 Å². The van der Waals surface area contributed by atoms with Crippen LogP contribution >= 0.6 is 0 Å². The molecule has 1 amide bonds. The maximum Gasteiger partial charge on any atom is 0.222 e. The SMILES string of the molecule is CCCCCCCCCCCCCCCCCCCCCCCCCCCCCCCCCCCCCC(O)CC(=O)NC(CO)C(O)CCCCCCCCCCCC. The standard InChI is InChI=1S/C55H111NO4/c1-3-5-7-9-11-13-15-16-17-18-19-20-21-22-23-24-25-26-27-28-29-30-31-32-33-34-35-36-37-38-39-40-42-44-46-48-52(58)50-55(60)56-53(51-57)54(59)49-47-45-43-41-14-12-10-8-6-4-2/h52-54,57-59H,3-51H2,1-2H3,(H,56,60). The molecule has 360 valence electrons. The lowest BCUT2D eigenvalue weighted by Crippen LogP contribution is -2.46. The quantitative estimate of drug-likeness (QED) is 0.0459. The second-order valence-corrected chi connectivity index (χ2v) is 19.6. The van der Waals surface area contributed by atoms with Crippen LogP contribution in [0.3, 0.4) is 0 Å². The van der Waals surface area contributed by atoms with E-state index in [-0.39, 0.29) is 18.9 Å². The van der Waals surface area contributed by atoms with Gasteiger partial charge in [-0.05, 0) is 12.8 Å². The summed E-state index contributed by atoms with van der Waals surface area (Å²) in [6.45, 7) is 4.27. The fraction of sp³-hybridized carbons (Fsp3) is 0.982. The van der Waals surface area contributed by atoms with Gasteiger partial charge in [-0.15, -0.1) is 0 Å². The molecule has 5 nitrogen and oxygen atoms in total. The molecular formula is C55H111NO4. The maximum absolute atomic E-state index is 12.5. The zero-order valence-corrected chi connectivity index (χ0v) is 41.1. The van der Waals surface area contributed by atoms with Crippen LogP contribution in [0.4, 0.5) is 0 Å². The molecule has 0 aromatic rings. The Balaban J connectivity index is 3.37. The van der Waals surface area contributed by atoms with Gasteiger partial charge in [0.1, 0.15) is 0 Å².